The Morgan fingerprint density at radius 1 is 0.905 bits per heavy atom. The van der Waals surface area contributed by atoms with Crippen LogP contribution >= 0.6 is 0 Å². The van der Waals surface area contributed by atoms with E-state index in [1.54, 1.807) is 0 Å². The molecule has 106 valence electrons. The van der Waals surface area contributed by atoms with E-state index in [1.807, 2.05) is 24.3 Å². The van der Waals surface area contributed by atoms with Crippen molar-refractivity contribution in [3.05, 3.63) is 77.7 Å². The standard InChI is InChI=1S/C18H19N3/c19-12-11-17-20-16(13-14-7-3-1-4-8-14)18(21-17)15-9-5-2-6-10-15/h1-10H,11-13,19H2,(H,20,21). The van der Waals surface area contributed by atoms with Gasteiger partial charge in [0.1, 0.15) is 5.82 Å². The van der Waals surface area contributed by atoms with Crippen LogP contribution in [0.3, 0.4) is 0 Å². The van der Waals surface area contributed by atoms with Crippen LogP contribution in [0.4, 0.5) is 0 Å². The van der Waals surface area contributed by atoms with Crippen molar-refractivity contribution >= 4 is 0 Å². The molecule has 0 unspecified atom stereocenters. The monoisotopic (exact) mass is 277 g/mol. The lowest BCUT2D eigenvalue weighted by atomic mass is 10.0. The van der Waals surface area contributed by atoms with Crippen LogP contribution in [0.2, 0.25) is 0 Å². The molecule has 0 aliphatic rings. The first-order valence-electron chi connectivity index (χ1n) is 7.24. The van der Waals surface area contributed by atoms with Crippen LogP contribution in [0.5, 0.6) is 0 Å². The van der Waals surface area contributed by atoms with E-state index in [-0.39, 0.29) is 0 Å². The zero-order valence-electron chi connectivity index (χ0n) is 11.9. The molecule has 3 rings (SSSR count). The summed E-state index contributed by atoms with van der Waals surface area (Å²) >= 11 is 0. The Balaban J connectivity index is 1.98. The summed E-state index contributed by atoms with van der Waals surface area (Å²) in [6.45, 7) is 0.604. The summed E-state index contributed by atoms with van der Waals surface area (Å²) in [5.41, 5.74) is 10.2. The highest BCUT2D eigenvalue weighted by Gasteiger charge is 2.12. The van der Waals surface area contributed by atoms with Gasteiger partial charge in [-0.3, -0.25) is 0 Å². The highest BCUT2D eigenvalue weighted by atomic mass is 14.9. The summed E-state index contributed by atoms with van der Waals surface area (Å²) in [4.78, 5) is 8.17. The highest BCUT2D eigenvalue weighted by Crippen LogP contribution is 2.23. The van der Waals surface area contributed by atoms with Gasteiger partial charge in [0.05, 0.1) is 5.69 Å². The molecule has 3 nitrogen and oxygen atoms in total. The first kappa shape index (κ1) is 13.6. The first-order chi connectivity index (χ1) is 10.4. The van der Waals surface area contributed by atoms with E-state index in [2.05, 4.69) is 41.4 Å². The fraction of sp³-hybridized carbons (Fsp3) is 0.167. The number of nitrogens with two attached hydrogens (primary N) is 1. The summed E-state index contributed by atoms with van der Waals surface area (Å²) in [5.74, 6) is 0.960. The van der Waals surface area contributed by atoms with Crippen LogP contribution in [0.15, 0.2) is 60.7 Å². The number of nitrogens with zero attached hydrogens (tertiary/aromatic N) is 1. The van der Waals surface area contributed by atoms with Gasteiger partial charge in [0.25, 0.3) is 0 Å². The van der Waals surface area contributed by atoms with Gasteiger partial charge in [-0.05, 0) is 12.1 Å². The van der Waals surface area contributed by atoms with Gasteiger partial charge in [0.2, 0.25) is 0 Å². The van der Waals surface area contributed by atoms with E-state index < -0.39 is 0 Å². The quantitative estimate of drug-likeness (QED) is 0.752. The summed E-state index contributed by atoms with van der Waals surface area (Å²) in [7, 11) is 0. The van der Waals surface area contributed by atoms with Gasteiger partial charge in [-0.15, -0.1) is 0 Å². The lowest BCUT2D eigenvalue weighted by Crippen LogP contribution is -2.04. The summed E-state index contributed by atoms with van der Waals surface area (Å²) in [6.07, 6.45) is 1.62. The second-order valence-electron chi connectivity index (χ2n) is 5.08. The van der Waals surface area contributed by atoms with Crippen LogP contribution < -0.4 is 5.73 Å². The number of H-pyrrole nitrogens is 1. The topological polar surface area (TPSA) is 54.7 Å². The highest BCUT2D eigenvalue weighted by molar-refractivity contribution is 5.62. The number of aromatic amines is 1. The molecular formula is C18H19N3. The molecule has 3 aromatic rings. The zero-order valence-corrected chi connectivity index (χ0v) is 11.9. The average Bonchev–Trinajstić information content (AvgIpc) is 2.92. The van der Waals surface area contributed by atoms with Crippen molar-refractivity contribution in [1.29, 1.82) is 0 Å². The van der Waals surface area contributed by atoms with Gasteiger partial charge >= 0.3 is 0 Å². The van der Waals surface area contributed by atoms with Crippen LogP contribution in [0.25, 0.3) is 11.3 Å². The van der Waals surface area contributed by atoms with Crippen molar-refractivity contribution < 1.29 is 0 Å². The third-order valence-corrected chi connectivity index (χ3v) is 3.48. The van der Waals surface area contributed by atoms with Gasteiger partial charge < -0.3 is 10.7 Å². The Morgan fingerprint density at radius 3 is 2.24 bits per heavy atom. The summed E-state index contributed by atoms with van der Waals surface area (Å²) < 4.78 is 0. The molecule has 0 aliphatic carbocycles. The minimum absolute atomic E-state index is 0.604. The summed E-state index contributed by atoms with van der Waals surface area (Å²) in [5, 5.41) is 0. The van der Waals surface area contributed by atoms with Crippen molar-refractivity contribution in [1.82, 2.24) is 9.97 Å². The molecule has 0 saturated carbocycles. The van der Waals surface area contributed by atoms with Crippen molar-refractivity contribution in [2.75, 3.05) is 6.54 Å². The van der Waals surface area contributed by atoms with Gasteiger partial charge in [-0.2, -0.15) is 0 Å². The van der Waals surface area contributed by atoms with Crippen molar-refractivity contribution in [2.45, 2.75) is 12.8 Å². The number of hydrogen-bond donors (Lipinski definition) is 2. The number of rotatable bonds is 5. The molecule has 0 saturated heterocycles. The SMILES string of the molecule is NCCc1nc(-c2ccccc2)c(Cc2ccccc2)[nH]1. The van der Waals surface area contributed by atoms with Crippen LogP contribution in [-0.4, -0.2) is 16.5 Å². The van der Waals surface area contributed by atoms with E-state index in [0.29, 0.717) is 6.54 Å². The Kier molecular flexibility index (Phi) is 4.12. The fourth-order valence-electron chi connectivity index (χ4n) is 2.48. The fourth-order valence-corrected chi connectivity index (χ4v) is 2.48. The smallest absolute Gasteiger partial charge is 0.108 e. The number of benzene rings is 2. The van der Waals surface area contributed by atoms with Crippen molar-refractivity contribution in [3.8, 4) is 11.3 Å². The lowest BCUT2D eigenvalue weighted by molar-refractivity contribution is 0.887. The molecular weight excluding hydrogens is 258 g/mol. The molecule has 0 radical (unpaired) electrons. The molecule has 0 spiro atoms. The molecule has 0 amide bonds. The Hall–Kier alpha value is -2.39. The normalized spacial score (nSPS) is 10.7. The largest absolute Gasteiger partial charge is 0.345 e. The number of imidazole rings is 1. The maximum absolute atomic E-state index is 5.65. The maximum Gasteiger partial charge on any atom is 0.108 e. The van der Waals surface area contributed by atoms with Gasteiger partial charge in [-0.25, -0.2) is 4.98 Å². The third kappa shape index (κ3) is 3.20. The molecule has 0 bridgehead atoms. The van der Waals surface area contributed by atoms with Crippen LogP contribution in [0, 0.1) is 0 Å². The van der Waals surface area contributed by atoms with E-state index in [1.165, 1.54) is 5.56 Å². The van der Waals surface area contributed by atoms with E-state index in [4.69, 9.17) is 10.7 Å². The molecule has 2 aromatic carbocycles. The Morgan fingerprint density at radius 2 is 1.57 bits per heavy atom. The molecule has 3 N–H and O–H groups in total. The minimum atomic E-state index is 0.604. The Labute approximate surface area is 124 Å². The molecule has 1 heterocycles. The zero-order chi connectivity index (χ0) is 14.5. The lowest BCUT2D eigenvalue weighted by Gasteiger charge is -2.03. The minimum Gasteiger partial charge on any atom is -0.345 e. The van der Waals surface area contributed by atoms with Crippen LogP contribution in [0.1, 0.15) is 17.1 Å². The molecule has 0 atom stereocenters. The maximum atomic E-state index is 5.65. The van der Waals surface area contributed by atoms with E-state index in [0.717, 1.165) is 35.6 Å². The number of aromatic nitrogens is 2. The first-order valence-corrected chi connectivity index (χ1v) is 7.24. The molecule has 1 aromatic heterocycles. The van der Waals surface area contributed by atoms with Gasteiger partial charge in [-0.1, -0.05) is 60.7 Å². The molecule has 0 aliphatic heterocycles. The van der Waals surface area contributed by atoms with Crippen molar-refractivity contribution in [2.24, 2.45) is 5.73 Å². The van der Waals surface area contributed by atoms with Crippen molar-refractivity contribution in [3.63, 3.8) is 0 Å². The molecule has 21 heavy (non-hydrogen) atoms. The molecule has 0 fully saturated rings. The third-order valence-electron chi connectivity index (χ3n) is 3.48. The Bertz CT molecular complexity index is 687. The average molecular weight is 277 g/mol. The van der Waals surface area contributed by atoms with E-state index in [9.17, 15) is 0 Å². The molecule has 3 heteroatoms. The number of hydrogen-bond acceptors (Lipinski definition) is 2. The van der Waals surface area contributed by atoms with Crippen LogP contribution in [-0.2, 0) is 12.8 Å². The van der Waals surface area contributed by atoms with Gasteiger partial charge in [0, 0.05) is 24.1 Å². The van der Waals surface area contributed by atoms with Gasteiger partial charge in [0.15, 0.2) is 0 Å². The predicted molar refractivity (Wildman–Crippen MR) is 86.0 cm³/mol. The second-order valence-corrected chi connectivity index (χ2v) is 5.08. The second kappa shape index (κ2) is 6.37. The predicted octanol–water partition coefficient (Wildman–Crippen LogP) is 3.17. The number of nitrogens with one attached hydrogen (secondary N) is 1. The summed E-state index contributed by atoms with van der Waals surface area (Å²) in [6, 6.07) is 20.7. The van der Waals surface area contributed by atoms with E-state index >= 15 is 0 Å².